The van der Waals surface area contributed by atoms with Gasteiger partial charge >= 0.3 is 6.03 Å². The summed E-state index contributed by atoms with van der Waals surface area (Å²) in [6, 6.07) is 1.91. The minimum absolute atomic E-state index is 0.0662. The van der Waals surface area contributed by atoms with Crippen molar-refractivity contribution in [3.05, 3.63) is 29.6 Å². The molecule has 2 rings (SSSR count). The van der Waals surface area contributed by atoms with E-state index in [-0.39, 0.29) is 5.75 Å². The highest BCUT2D eigenvalue weighted by molar-refractivity contribution is 6.21. The predicted octanol–water partition coefficient (Wildman–Crippen LogP) is -0.612. The first-order valence-electron chi connectivity index (χ1n) is 5.13. The molecule has 1 fully saturated rings. The first-order chi connectivity index (χ1) is 8.89. The molecule has 1 heterocycles. The minimum Gasteiger partial charge on any atom is -0.496 e. The standard InChI is InChI=1S/C11H9FN2O5/c1-19-7-3-2-5(12)4-6(7)11(18)8(15)13-10(17)14-9(11)16/h2-4,18H,1H3,(H2,13,14,15,16,17). The molecule has 3 N–H and O–H groups in total. The smallest absolute Gasteiger partial charge is 0.328 e. The van der Waals surface area contributed by atoms with Crippen LogP contribution in [0.1, 0.15) is 5.56 Å². The van der Waals surface area contributed by atoms with Gasteiger partial charge in [0.05, 0.1) is 7.11 Å². The zero-order valence-electron chi connectivity index (χ0n) is 9.69. The Balaban J connectivity index is 2.61. The lowest BCUT2D eigenvalue weighted by Gasteiger charge is -2.30. The molecule has 0 bridgehead atoms. The minimum atomic E-state index is -2.73. The van der Waals surface area contributed by atoms with Crippen LogP contribution in [0.3, 0.4) is 0 Å². The summed E-state index contributed by atoms with van der Waals surface area (Å²) in [7, 11) is 1.23. The second-order valence-electron chi connectivity index (χ2n) is 3.79. The molecule has 100 valence electrons. The number of aliphatic hydroxyl groups is 1. The molecule has 7 nitrogen and oxygen atoms in total. The molecule has 0 radical (unpaired) electrons. The molecular weight excluding hydrogens is 259 g/mol. The SMILES string of the molecule is COc1ccc(F)cc1C1(O)C(=O)NC(=O)NC1=O. The first-order valence-corrected chi connectivity index (χ1v) is 5.13. The van der Waals surface area contributed by atoms with Crippen molar-refractivity contribution in [2.75, 3.05) is 7.11 Å². The number of imide groups is 2. The van der Waals surface area contributed by atoms with Crippen molar-refractivity contribution in [3.8, 4) is 5.75 Å². The molecule has 1 aromatic carbocycles. The van der Waals surface area contributed by atoms with E-state index in [1.807, 2.05) is 0 Å². The maximum Gasteiger partial charge on any atom is 0.328 e. The zero-order chi connectivity index (χ0) is 14.2. The van der Waals surface area contributed by atoms with E-state index in [0.29, 0.717) is 0 Å². The largest absolute Gasteiger partial charge is 0.496 e. The Hall–Kier alpha value is -2.48. The van der Waals surface area contributed by atoms with Crippen molar-refractivity contribution in [2.24, 2.45) is 0 Å². The van der Waals surface area contributed by atoms with Crippen molar-refractivity contribution in [1.82, 2.24) is 10.6 Å². The van der Waals surface area contributed by atoms with Gasteiger partial charge in [0, 0.05) is 5.56 Å². The second kappa shape index (κ2) is 4.32. The third kappa shape index (κ3) is 1.91. The molecule has 1 saturated heterocycles. The van der Waals surface area contributed by atoms with Crippen molar-refractivity contribution >= 4 is 17.8 Å². The normalized spacial score (nSPS) is 17.7. The highest BCUT2D eigenvalue weighted by Crippen LogP contribution is 2.32. The summed E-state index contributed by atoms with van der Waals surface area (Å²) >= 11 is 0. The van der Waals surface area contributed by atoms with E-state index in [2.05, 4.69) is 0 Å². The van der Waals surface area contributed by atoms with Crippen molar-refractivity contribution in [3.63, 3.8) is 0 Å². The summed E-state index contributed by atoms with van der Waals surface area (Å²) in [4.78, 5) is 34.3. The number of rotatable bonds is 2. The fourth-order valence-electron chi connectivity index (χ4n) is 1.73. The van der Waals surface area contributed by atoms with E-state index >= 15 is 0 Å². The Labute approximate surface area is 106 Å². The average molecular weight is 268 g/mol. The van der Waals surface area contributed by atoms with Gasteiger partial charge in [-0.25, -0.2) is 9.18 Å². The van der Waals surface area contributed by atoms with Gasteiger partial charge in [0.2, 0.25) is 0 Å². The van der Waals surface area contributed by atoms with Gasteiger partial charge < -0.3 is 9.84 Å². The van der Waals surface area contributed by atoms with Gasteiger partial charge in [0.15, 0.2) is 0 Å². The Morgan fingerprint density at radius 1 is 1.21 bits per heavy atom. The van der Waals surface area contributed by atoms with Crippen LogP contribution in [0.15, 0.2) is 18.2 Å². The van der Waals surface area contributed by atoms with Crippen LogP contribution in [0.25, 0.3) is 0 Å². The second-order valence-corrected chi connectivity index (χ2v) is 3.79. The lowest BCUT2D eigenvalue weighted by atomic mass is 9.89. The summed E-state index contributed by atoms with van der Waals surface area (Å²) in [6.45, 7) is 0. The molecule has 0 aliphatic carbocycles. The van der Waals surface area contributed by atoms with E-state index in [0.717, 1.165) is 18.2 Å². The van der Waals surface area contributed by atoms with E-state index in [1.54, 1.807) is 10.6 Å². The quantitative estimate of drug-likeness (QED) is 0.620. The number of methoxy groups -OCH3 is 1. The zero-order valence-corrected chi connectivity index (χ0v) is 9.69. The summed E-state index contributed by atoms with van der Waals surface area (Å²) in [6.07, 6.45) is 0. The van der Waals surface area contributed by atoms with Gasteiger partial charge in [-0.1, -0.05) is 0 Å². The molecule has 1 aliphatic rings. The van der Waals surface area contributed by atoms with Crippen molar-refractivity contribution in [1.29, 1.82) is 0 Å². The number of urea groups is 1. The number of halogens is 1. The summed E-state index contributed by atoms with van der Waals surface area (Å²) in [5, 5.41) is 13.7. The van der Waals surface area contributed by atoms with Crippen LogP contribution in [0.4, 0.5) is 9.18 Å². The summed E-state index contributed by atoms with van der Waals surface area (Å²) in [5.74, 6) is -3.39. The van der Waals surface area contributed by atoms with Crippen LogP contribution in [0.2, 0.25) is 0 Å². The lowest BCUT2D eigenvalue weighted by molar-refractivity contribution is -0.155. The monoisotopic (exact) mass is 268 g/mol. The van der Waals surface area contributed by atoms with Gasteiger partial charge in [-0.05, 0) is 18.2 Å². The van der Waals surface area contributed by atoms with Crippen LogP contribution >= 0.6 is 0 Å². The van der Waals surface area contributed by atoms with Crippen molar-refractivity contribution in [2.45, 2.75) is 5.60 Å². The number of benzene rings is 1. The summed E-state index contributed by atoms with van der Waals surface area (Å²) < 4.78 is 18.1. The van der Waals surface area contributed by atoms with E-state index in [1.165, 1.54) is 7.11 Å². The number of carbonyl (C=O) groups is 3. The van der Waals surface area contributed by atoms with Crippen LogP contribution < -0.4 is 15.4 Å². The predicted molar refractivity (Wildman–Crippen MR) is 58.5 cm³/mol. The van der Waals surface area contributed by atoms with Gasteiger partial charge in [-0.2, -0.15) is 0 Å². The number of nitrogens with one attached hydrogen (secondary N) is 2. The van der Waals surface area contributed by atoms with Crippen LogP contribution in [0, 0.1) is 5.82 Å². The number of carbonyl (C=O) groups excluding carboxylic acids is 3. The molecule has 0 saturated carbocycles. The third-order valence-electron chi connectivity index (χ3n) is 2.66. The average Bonchev–Trinajstić information content (AvgIpc) is 2.35. The van der Waals surface area contributed by atoms with Gasteiger partial charge in [0.25, 0.3) is 17.4 Å². The molecule has 0 unspecified atom stereocenters. The van der Waals surface area contributed by atoms with Gasteiger partial charge in [-0.3, -0.25) is 20.2 Å². The maximum absolute atomic E-state index is 13.2. The fourth-order valence-corrected chi connectivity index (χ4v) is 1.73. The Bertz CT molecular complexity index is 566. The third-order valence-corrected chi connectivity index (χ3v) is 2.66. The van der Waals surface area contributed by atoms with E-state index in [9.17, 15) is 23.9 Å². The highest BCUT2D eigenvalue weighted by atomic mass is 19.1. The number of hydrogen-bond acceptors (Lipinski definition) is 5. The van der Waals surface area contributed by atoms with Crippen LogP contribution in [0.5, 0.6) is 5.75 Å². The molecule has 0 aromatic heterocycles. The number of hydrogen-bond donors (Lipinski definition) is 3. The van der Waals surface area contributed by atoms with Crippen LogP contribution in [-0.2, 0) is 15.2 Å². The maximum atomic E-state index is 13.2. The molecule has 0 spiro atoms. The molecule has 19 heavy (non-hydrogen) atoms. The number of barbiturate groups is 1. The molecule has 4 amide bonds. The molecular formula is C11H9FN2O5. The topological polar surface area (TPSA) is 105 Å². The van der Waals surface area contributed by atoms with E-state index < -0.39 is 34.8 Å². The molecule has 1 aromatic rings. The van der Waals surface area contributed by atoms with Crippen molar-refractivity contribution < 1.29 is 28.6 Å². The van der Waals surface area contributed by atoms with Crippen LogP contribution in [-0.4, -0.2) is 30.1 Å². The Morgan fingerprint density at radius 3 is 2.32 bits per heavy atom. The number of ether oxygens (including phenoxy) is 1. The van der Waals surface area contributed by atoms with Gasteiger partial charge in [0.1, 0.15) is 11.6 Å². The van der Waals surface area contributed by atoms with E-state index in [4.69, 9.17) is 4.74 Å². The Morgan fingerprint density at radius 2 is 1.79 bits per heavy atom. The van der Waals surface area contributed by atoms with Gasteiger partial charge in [-0.15, -0.1) is 0 Å². The molecule has 1 aliphatic heterocycles. The fraction of sp³-hybridized carbons (Fsp3) is 0.182. The Kier molecular flexibility index (Phi) is 2.95. The number of amides is 4. The lowest BCUT2D eigenvalue weighted by Crippen LogP contribution is -2.64. The molecule has 0 atom stereocenters. The summed E-state index contributed by atoms with van der Waals surface area (Å²) in [5.41, 5.74) is -3.13. The molecule has 8 heteroatoms. The highest BCUT2D eigenvalue weighted by Gasteiger charge is 2.52. The first kappa shape index (κ1) is 13.0.